The van der Waals surface area contributed by atoms with Crippen molar-refractivity contribution in [1.82, 2.24) is 14.5 Å². The van der Waals surface area contributed by atoms with Crippen molar-refractivity contribution in [2.24, 2.45) is 5.92 Å². The van der Waals surface area contributed by atoms with E-state index in [0.717, 1.165) is 49.5 Å². The maximum absolute atomic E-state index is 12.4. The van der Waals surface area contributed by atoms with Crippen molar-refractivity contribution >= 4 is 22.6 Å². The second-order valence-electron chi connectivity index (χ2n) is 6.95. The van der Waals surface area contributed by atoms with Crippen molar-refractivity contribution in [3.63, 3.8) is 0 Å². The van der Waals surface area contributed by atoms with Crippen LogP contribution in [0.3, 0.4) is 0 Å². The zero-order valence-electron chi connectivity index (χ0n) is 13.7. The van der Waals surface area contributed by atoms with Crippen LogP contribution in [0.15, 0.2) is 18.2 Å². The summed E-state index contributed by atoms with van der Waals surface area (Å²) in [5, 5.41) is 3.09. The van der Waals surface area contributed by atoms with Gasteiger partial charge >= 0.3 is 0 Å². The second kappa shape index (κ2) is 5.96. The maximum Gasteiger partial charge on any atom is 0.227 e. The van der Waals surface area contributed by atoms with E-state index in [1.807, 2.05) is 12.1 Å². The standard InChI is InChI=1S/C18H24N4O/c1-21-9-10-22-16-8-7-14(11-15(16)20-17(22)12-21)19-18(23)13-5-3-2-4-6-13/h7-8,11,13H,2-6,9-10,12H2,1H3,(H,19,23). The molecule has 0 bridgehead atoms. The second-order valence-corrected chi connectivity index (χ2v) is 6.95. The predicted molar refractivity (Wildman–Crippen MR) is 91.3 cm³/mol. The number of carbonyl (C=O) groups is 1. The SMILES string of the molecule is CN1CCn2c(nc3cc(NC(=O)C4CCCCC4)ccc32)C1. The molecule has 1 aliphatic carbocycles. The van der Waals surface area contributed by atoms with E-state index in [1.54, 1.807) is 0 Å². The average Bonchev–Trinajstić information content (AvgIpc) is 2.92. The van der Waals surface area contributed by atoms with Gasteiger partial charge in [0.2, 0.25) is 5.91 Å². The molecule has 1 aromatic carbocycles. The summed E-state index contributed by atoms with van der Waals surface area (Å²) in [6, 6.07) is 6.12. The summed E-state index contributed by atoms with van der Waals surface area (Å²) in [6.07, 6.45) is 5.68. The van der Waals surface area contributed by atoms with Crippen LogP contribution in [0.2, 0.25) is 0 Å². The fourth-order valence-electron chi connectivity index (χ4n) is 3.83. The van der Waals surface area contributed by atoms with Crippen LogP contribution in [0.4, 0.5) is 5.69 Å². The van der Waals surface area contributed by atoms with Gasteiger partial charge in [0.15, 0.2) is 0 Å². The highest BCUT2D eigenvalue weighted by atomic mass is 16.1. The van der Waals surface area contributed by atoms with E-state index >= 15 is 0 Å². The number of anilines is 1. The van der Waals surface area contributed by atoms with Crippen LogP contribution in [0.25, 0.3) is 11.0 Å². The third-order valence-corrected chi connectivity index (χ3v) is 5.19. The molecule has 0 unspecified atom stereocenters. The van der Waals surface area contributed by atoms with E-state index < -0.39 is 0 Å². The highest BCUT2D eigenvalue weighted by Gasteiger charge is 2.22. The summed E-state index contributed by atoms with van der Waals surface area (Å²) in [6.45, 7) is 2.92. The van der Waals surface area contributed by atoms with E-state index in [9.17, 15) is 4.79 Å². The number of carbonyl (C=O) groups excluding carboxylic acids is 1. The molecule has 4 rings (SSSR count). The number of hydrogen-bond acceptors (Lipinski definition) is 3. The smallest absolute Gasteiger partial charge is 0.227 e. The van der Waals surface area contributed by atoms with Gasteiger partial charge < -0.3 is 9.88 Å². The van der Waals surface area contributed by atoms with Gasteiger partial charge in [-0.05, 0) is 38.1 Å². The highest BCUT2D eigenvalue weighted by Crippen LogP contribution is 2.27. The molecule has 1 fully saturated rings. The number of benzene rings is 1. The predicted octanol–water partition coefficient (Wildman–Crippen LogP) is 3.00. The highest BCUT2D eigenvalue weighted by molar-refractivity contribution is 5.94. The van der Waals surface area contributed by atoms with Crippen molar-refractivity contribution in [2.75, 3.05) is 18.9 Å². The lowest BCUT2D eigenvalue weighted by Crippen LogP contribution is -2.30. The minimum Gasteiger partial charge on any atom is -0.326 e. The molecule has 1 saturated carbocycles. The fraction of sp³-hybridized carbons (Fsp3) is 0.556. The molecule has 1 aromatic heterocycles. The van der Waals surface area contributed by atoms with E-state index in [1.165, 1.54) is 24.8 Å². The molecule has 1 aliphatic heterocycles. The van der Waals surface area contributed by atoms with E-state index in [2.05, 4.69) is 27.9 Å². The third kappa shape index (κ3) is 2.85. The number of hydrogen-bond donors (Lipinski definition) is 1. The van der Waals surface area contributed by atoms with Crippen molar-refractivity contribution in [3.05, 3.63) is 24.0 Å². The largest absolute Gasteiger partial charge is 0.326 e. The van der Waals surface area contributed by atoms with Gasteiger partial charge in [0, 0.05) is 24.7 Å². The summed E-state index contributed by atoms with van der Waals surface area (Å²) < 4.78 is 2.29. The Morgan fingerprint density at radius 3 is 2.87 bits per heavy atom. The maximum atomic E-state index is 12.4. The van der Waals surface area contributed by atoms with Crippen LogP contribution >= 0.6 is 0 Å². The molecule has 2 aromatic rings. The lowest BCUT2D eigenvalue weighted by molar-refractivity contribution is -0.120. The number of rotatable bonds is 2. The van der Waals surface area contributed by atoms with E-state index in [0.29, 0.717) is 0 Å². The van der Waals surface area contributed by atoms with Gasteiger partial charge in [-0.1, -0.05) is 19.3 Å². The van der Waals surface area contributed by atoms with Gasteiger partial charge in [0.1, 0.15) is 5.82 Å². The number of imidazole rings is 1. The number of amides is 1. The summed E-state index contributed by atoms with van der Waals surface area (Å²) in [4.78, 5) is 19.4. The summed E-state index contributed by atoms with van der Waals surface area (Å²) in [5.74, 6) is 1.47. The molecule has 5 nitrogen and oxygen atoms in total. The molecule has 122 valence electrons. The lowest BCUT2D eigenvalue weighted by Gasteiger charge is -2.23. The third-order valence-electron chi connectivity index (χ3n) is 5.19. The molecule has 1 N–H and O–H groups in total. The van der Waals surface area contributed by atoms with Gasteiger partial charge in [-0.15, -0.1) is 0 Å². The van der Waals surface area contributed by atoms with Crippen LogP contribution < -0.4 is 5.32 Å². The van der Waals surface area contributed by atoms with E-state index in [4.69, 9.17) is 4.98 Å². The topological polar surface area (TPSA) is 50.2 Å². The Morgan fingerprint density at radius 1 is 1.22 bits per heavy atom. The number of fused-ring (bicyclic) bond motifs is 3. The van der Waals surface area contributed by atoms with Crippen LogP contribution in [-0.4, -0.2) is 34.0 Å². The van der Waals surface area contributed by atoms with Gasteiger partial charge in [-0.25, -0.2) is 4.98 Å². The molecule has 23 heavy (non-hydrogen) atoms. The van der Waals surface area contributed by atoms with Gasteiger partial charge in [-0.2, -0.15) is 0 Å². The molecule has 2 aliphatic rings. The Morgan fingerprint density at radius 2 is 2.04 bits per heavy atom. The van der Waals surface area contributed by atoms with Crippen LogP contribution in [0, 0.1) is 5.92 Å². The Bertz CT molecular complexity index is 730. The molecule has 0 radical (unpaired) electrons. The molecular weight excluding hydrogens is 288 g/mol. The average molecular weight is 312 g/mol. The lowest BCUT2D eigenvalue weighted by atomic mass is 9.88. The number of nitrogens with one attached hydrogen (secondary N) is 1. The first-order valence-electron chi connectivity index (χ1n) is 8.69. The molecule has 2 heterocycles. The first-order valence-corrected chi connectivity index (χ1v) is 8.69. The summed E-state index contributed by atoms with van der Waals surface area (Å²) in [5.41, 5.74) is 3.03. The Balaban J connectivity index is 1.56. The first kappa shape index (κ1) is 14.7. The monoisotopic (exact) mass is 312 g/mol. The van der Waals surface area contributed by atoms with Crippen molar-refractivity contribution < 1.29 is 4.79 Å². The van der Waals surface area contributed by atoms with Crippen molar-refractivity contribution in [1.29, 1.82) is 0 Å². The minimum absolute atomic E-state index is 0.174. The molecule has 0 saturated heterocycles. The zero-order valence-corrected chi connectivity index (χ0v) is 13.7. The van der Waals surface area contributed by atoms with Gasteiger partial charge in [0.25, 0.3) is 0 Å². The van der Waals surface area contributed by atoms with Crippen molar-refractivity contribution in [3.8, 4) is 0 Å². The Labute approximate surface area is 136 Å². The normalized spacial score (nSPS) is 19.7. The Hall–Kier alpha value is -1.88. The zero-order chi connectivity index (χ0) is 15.8. The molecule has 5 heteroatoms. The fourth-order valence-corrected chi connectivity index (χ4v) is 3.83. The van der Waals surface area contributed by atoms with E-state index in [-0.39, 0.29) is 11.8 Å². The quantitative estimate of drug-likeness (QED) is 0.927. The molecule has 0 atom stereocenters. The van der Waals surface area contributed by atoms with Gasteiger partial charge in [-0.3, -0.25) is 9.69 Å². The van der Waals surface area contributed by atoms with Crippen LogP contribution in [0.1, 0.15) is 37.9 Å². The number of likely N-dealkylation sites (N-methyl/N-ethyl adjacent to an activating group) is 1. The first-order chi connectivity index (χ1) is 11.2. The van der Waals surface area contributed by atoms with Crippen LogP contribution in [0.5, 0.6) is 0 Å². The molecule has 0 spiro atoms. The Kier molecular flexibility index (Phi) is 3.81. The summed E-state index contributed by atoms with van der Waals surface area (Å²) in [7, 11) is 2.12. The van der Waals surface area contributed by atoms with Gasteiger partial charge in [0.05, 0.1) is 17.6 Å². The summed E-state index contributed by atoms with van der Waals surface area (Å²) >= 11 is 0. The minimum atomic E-state index is 0.174. The number of aromatic nitrogens is 2. The van der Waals surface area contributed by atoms with Crippen molar-refractivity contribution in [2.45, 2.75) is 45.2 Å². The molecular formula is C18H24N4O. The molecule has 1 amide bonds. The number of nitrogens with zero attached hydrogens (tertiary/aromatic N) is 3. The van der Waals surface area contributed by atoms with Crippen LogP contribution in [-0.2, 0) is 17.9 Å².